The molecular weight excluding hydrogens is 344 g/mol. The topological polar surface area (TPSA) is 192 Å². The first-order valence-corrected chi connectivity index (χ1v) is 8.52. The molecule has 9 N–H and O–H groups in total. The summed E-state index contributed by atoms with van der Waals surface area (Å²) in [6.07, 6.45) is 0.863. The normalized spacial score (nSPS) is 19.8. The van der Waals surface area contributed by atoms with Gasteiger partial charge in [-0.2, -0.15) is 0 Å². The highest BCUT2D eigenvalue weighted by Gasteiger charge is 2.31. The number of hydrogen-bond donors (Lipinski definition) is 7. The largest absolute Gasteiger partial charge is 0.480 e. The first-order chi connectivity index (χ1) is 12.2. The third-order valence-electron chi connectivity index (χ3n) is 4.00. The molecule has 1 aliphatic rings. The van der Waals surface area contributed by atoms with Gasteiger partial charge < -0.3 is 37.6 Å². The SMILES string of the molecule is C[C@@H](O)[C@H](NC(=O)[C@H](CCCN=C(N)N)NC(=O)[C@@H]1CCCN1)C(=O)O. The van der Waals surface area contributed by atoms with Crippen molar-refractivity contribution in [3.8, 4) is 0 Å². The molecule has 0 bridgehead atoms. The number of amides is 2. The highest BCUT2D eigenvalue weighted by Crippen LogP contribution is 2.07. The molecule has 0 unspecified atom stereocenters. The highest BCUT2D eigenvalue weighted by molar-refractivity contribution is 5.92. The molecule has 11 heteroatoms. The van der Waals surface area contributed by atoms with Crippen LogP contribution in [0.25, 0.3) is 0 Å². The van der Waals surface area contributed by atoms with E-state index in [1.165, 1.54) is 6.92 Å². The number of nitrogens with two attached hydrogens (primary N) is 2. The quantitative estimate of drug-likeness (QED) is 0.122. The molecule has 148 valence electrons. The third kappa shape index (κ3) is 7.23. The number of carbonyl (C=O) groups is 3. The molecule has 11 nitrogen and oxygen atoms in total. The Morgan fingerprint density at radius 1 is 1.31 bits per heavy atom. The number of aliphatic carboxylic acids is 1. The van der Waals surface area contributed by atoms with Crippen molar-refractivity contribution >= 4 is 23.7 Å². The van der Waals surface area contributed by atoms with Crippen molar-refractivity contribution in [1.29, 1.82) is 0 Å². The van der Waals surface area contributed by atoms with Crippen molar-refractivity contribution in [3.63, 3.8) is 0 Å². The Labute approximate surface area is 151 Å². The molecule has 0 spiro atoms. The molecule has 26 heavy (non-hydrogen) atoms. The smallest absolute Gasteiger partial charge is 0.328 e. The van der Waals surface area contributed by atoms with Crippen molar-refractivity contribution in [1.82, 2.24) is 16.0 Å². The Balaban J connectivity index is 2.73. The maximum atomic E-state index is 12.4. The van der Waals surface area contributed by atoms with Crippen LogP contribution in [0.3, 0.4) is 0 Å². The van der Waals surface area contributed by atoms with Crippen molar-refractivity contribution in [2.45, 2.75) is 56.8 Å². The van der Waals surface area contributed by atoms with Gasteiger partial charge in [0.05, 0.1) is 12.1 Å². The maximum Gasteiger partial charge on any atom is 0.328 e. The summed E-state index contributed by atoms with van der Waals surface area (Å²) in [7, 11) is 0. The fraction of sp³-hybridized carbons (Fsp3) is 0.733. The number of nitrogens with one attached hydrogen (secondary N) is 3. The molecule has 0 aromatic heterocycles. The summed E-state index contributed by atoms with van der Waals surface area (Å²) in [6, 6.07) is -2.81. The van der Waals surface area contributed by atoms with E-state index in [4.69, 9.17) is 16.6 Å². The Morgan fingerprint density at radius 2 is 2.00 bits per heavy atom. The molecule has 0 aromatic rings. The van der Waals surface area contributed by atoms with Crippen LogP contribution in [0.15, 0.2) is 4.99 Å². The summed E-state index contributed by atoms with van der Waals surface area (Å²) < 4.78 is 0. The van der Waals surface area contributed by atoms with Crippen LogP contribution in [0, 0.1) is 0 Å². The van der Waals surface area contributed by atoms with Crippen molar-refractivity contribution < 1.29 is 24.6 Å². The van der Waals surface area contributed by atoms with Gasteiger partial charge in [-0.15, -0.1) is 0 Å². The lowest BCUT2D eigenvalue weighted by atomic mass is 10.1. The minimum Gasteiger partial charge on any atom is -0.480 e. The molecule has 0 radical (unpaired) electrons. The number of aliphatic hydroxyl groups excluding tert-OH is 1. The molecule has 0 aromatic carbocycles. The first kappa shape index (κ1) is 21.6. The van der Waals surface area contributed by atoms with E-state index in [0.717, 1.165) is 13.0 Å². The van der Waals surface area contributed by atoms with Crippen LogP contribution in [-0.2, 0) is 14.4 Å². The Kier molecular flexibility index (Phi) is 8.79. The van der Waals surface area contributed by atoms with Crippen LogP contribution < -0.4 is 27.4 Å². The van der Waals surface area contributed by atoms with Gasteiger partial charge in [0.25, 0.3) is 0 Å². The van der Waals surface area contributed by atoms with Crippen molar-refractivity contribution in [2.24, 2.45) is 16.5 Å². The second-order valence-electron chi connectivity index (χ2n) is 6.22. The number of aliphatic hydroxyl groups is 1. The van der Waals surface area contributed by atoms with E-state index in [-0.39, 0.29) is 30.9 Å². The zero-order chi connectivity index (χ0) is 19.7. The number of aliphatic imine (C=N–C) groups is 1. The number of carbonyl (C=O) groups excluding carboxylic acids is 2. The second-order valence-corrected chi connectivity index (χ2v) is 6.22. The Morgan fingerprint density at radius 3 is 2.50 bits per heavy atom. The minimum atomic E-state index is -1.47. The van der Waals surface area contributed by atoms with Crippen molar-refractivity contribution in [3.05, 3.63) is 0 Å². The molecule has 4 atom stereocenters. The summed E-state index contributed by atoms with van der Waals surface area (Å²) in [6.45, 7) is 2.25. The summed E-state index contributed by atoms with van der Waals surface area (Å²) >= 11 is 0. The Hall–Kier alpha value is -2.40. The number of carboxylic acid groups (broad SMARTS) is 1. The van der Waals surface area contributed by atoms with Gasteiger partial charge in [-0.25, -0.2) is 4.79 Å². The fourth-order valence-electron chi connectivity index (χ4n) is 2.60. The first-order valence-electron chi connectivity index (χ1n) is 8.52. The van der Waals surface area contributed by atoms with Gasteiger partial charge >= 0.3 is 5.97 Å². The molecule has 1 heterocycles. The van der Waals surface area contributed by atoms with Crippen LogP contribution in [0.2, 0.25) is 0 Å². The lowest BCUT2D eigenvalue weighted by Gasteiger charge is -2.23. The summed E-state index contributed by atoms with van der Waals surface area (Å²) in [5, 5.41) is 26.5. The van der Waals surface area contributed by atoms with Crippen LogP contribution in [0.1, 0.15) is 32.6 Å². The number of nitrogens with zero attached hydrogens (tertiary/aromatic N) is 1. The van der Waals surface area contributed by atoms with Crippen LogP contribution in [0.4, 0.5) is 0 Å². The standard InChI is InChI=1S/C15H28N6O5/c1-8(22)11(14(25)26)21-13(24)10(5-3-7-19-15(16)17)20-12(23)9-4-2-6-18-9/h8-11,18,22H,2-7H2,1H3,(H,20,23)(H,21,24)(H,25,26)(H4,16,17,19)/t8-,9+,10+,11+/m1/s1. The van der Waals surface area contributed by atoms with Gasteiger partial charge in [0, 0.05) is 6.54 Å². The van der Waals surface area contributed by atoms with E-state index in [2.05, 4.69) is 20.9 Å². The van der Waals surface area contributed by atoms with Crippen LogP contribution in [-0.4, -0.2) is 71.3 Å². The molecule has 1 saturated heterocycles. The van der Waals surface area contributed by atoms with Gasteiger partial charge in [-0.3, -0.25) is 14.6 Å². The lowest BCUT2D eigenvalue weighted by Crippen LogP contribution is -2.56. The summed E-state index contributed by atoms with van der Waals surface area (Å²) in [5.41, 5.74) is 10.5. The zero-order valence-electron chi connectivity index (χ0n) is 14.8. The van der Waals surface area contributed by atoms with Gasteiger partial charge in [0.15, 0.2) is 12.0 Å². The molecule has 1 aliphatic heterocycles. The predicted octanol–water partition coefficient (Wildman–Crippen LogP) is -2.77. The van der Waals surface area contributed by atoms with E-state index < -0.39 is 30.1 Å². The van der Waals surface area contributed by atoms with Crippen LogP contribution >= 0.6 is 0 Å². The maximum absolute atomic E-state index is 12.4. The third-order valence-corrected chi connectivity index (χ3v) is 4.00. The van der Waals surface area contributed by atoms with Gasteiger partial charge in [-0.1, -0.05) is 0 Å². The summed E-state index contributed by atoms with van der Waals surface area (Å²) in [4.78, 5) is 39.7. The Bertz CT molecular complexity index is 529. The fourth-order valence-corrected chi connectivity index (χ4v) is 2.60. The molecule has 1 fully saturated rings. The molecule has 2 amide bonds. The number of rotatable bonds is 10. The average Bonchev–Trinajstić information content (AvgIpc) is 3.08. The van der Waals surface area contributed by atoms with Gasteiger partial charge in [0.2, 0.25) is 11.8 Å². The number of carboxylic acids is 1. The minimum absolute atomic E-state index is 0.0785. The monoisotopic (exact) mass is 372 g/mol. The van der Waals surface area contributed by atoms with E-state index in [9.17, 15) is 19.5 Å². The van der Waals surface area contributed by atoms with E-state index in [1.54, 1.807) is 0 Å². The second kappa shape index (κ2) is 10.6. The van der Waals surface area contributed by atoms with Gasteiger partial charge in [0.1, 0.15) is 6.04 Å². The van der Waals surface area contributed by atoms with E-state index in [1.807, 2.05) is 0 Å². The lowest BCUT2D eigenvalue weighted by molar-refractivity contribution is -0.145. The predicted molar refractivity (Wildman–Crippen MR) is 94.1 cm³/mol. The molecular formula is C15H28N6O5. The average molecular weight is 372 g/mol. The number of guanidine groups is 1. The number of hydrogen-bond acceptors (Lipinski definition) is 6. The van der Waals surface area contributed by atoms with Crippen molar-refractivity contribution in [2.75, 3.05) is 13.1 Å². The van der Waals surface area contributed by atoms with Crippen LogP contribution in [0.5, 0.6) is 0 Å². The molecule has 0 aliphatic carbocycles. The zero-order valence-corrected chi connectivity index (χ0v) is 14.8. The molecule has 1 rings (SSSR count). The molecule has 0 saturated carbocycles. The van der Waals surface area contributed by atoms with E-state index >= 15 is 0 Å². The summed E-state index contributed by atoms with van der Waals surface area (Å²) in [5.74, 6) is -2.45. The van der Waals surface area contributed by atoms with Gasteiger partial charge in [-0.05, 0) is 39.2 Å². The highest BCUT2D eigenvalue weighted by atomic mass is 16.4. The van der Waals surface area contributed by atoms with E-state index in [0.29, 0.717) is 12.8 Å².